The first-order valence-corrected chi connectivity index (χ1v) is 6.96. The maximum absolute atomic E-state index is 12.6. The zero-order valence-electron chi connectivity index (χ0n) is 11.9. The number of hydrogen-bond acceptors (Lipinski definition) is 7. The second-order valence-corrected chi connectivity index (χ2v) is 5.14. The summed E-state index contributed by atoms with van der Waals surface area (Å²) in [7, 11) is 0. The molecule has 0 saturated carbocycles. The number of nitro groups is 1. The van der Waals surface area contributed by atoms with Gasteiger partial charge in [-0.1, -0.05) is 4.49 Å². The molecule has 2 rings (SSSR count). The number of benzene rings is 1. The molecule has 126 valence electrons. The second kappa shape index (κ2) is 6.70. The largest absolute Gasteiger partial charge is 0.436 e. The normalized spacial score (nSPS) is 12.1. The summed E-state index contributed by atoms with van der Waals surface area (Å²) in [5, 5.41) is 17.1. The summed E-state index contributed by atoms with van der Waals surface area (Å²) in [6, 6.07) is 5.28. The molecular weight excluding hydrogens is 351 g/mol. The van der Waals surface area contributed by atoms with Crippen molar-refractivity contribution < 1.29 is 22.9 Å². The van der Waals surface area contributed by atoms with Gasteiger partial charge in [-0.25, -0.2) is 5.43 Å². The van der Waals surface area contributed by atoms with Crippen LogP contribution in [0.5, 0.6) is 0 Å². The third-order valence-corrected chi connectivity index (χ3v) is 3.51. The molecule has 1 amide bonds. The van der Waals surface area contributed by atoms with E-state index in [1.807, 2.05) is 5.43 Å². The van der Waals surface area contributed by atoms with E-state index in [-0.39, 0.29) is 11.4 Å². The number of non-ortho nitro benzene ring substituents is 1. The maximum atomic E-state index is 12.6. The van der Waals surface area contributed by atoms with Crippen LogP contribution in [0.25, 0.3) is 0 Å². The topological polar surface area (TPSA) is 110 Å². The molecule has 24 heavy (non-hydrogen) atoms. The zero-order valence-corrected chi connectivity index (χ0v) is 12.7. The molecule has 1 N–H and O–H groups in total. The first kappa shape index (κ1) is 17.5. The van der Waals surface area contributed by atoms with Crippen molar-refractivity contribution in [3.8, 4) is 0 Å². The Hall–Kier alpha value is -2.89. The van der Waals surface area contributed by atoms with Gasteiger partial charge in [-0.05, 0) is 36.2 Å². The van der Waals surface area contributed by atoms with Crippen molar-refractivity contribution in [1.29, 1.82) is 0 Å². The van der Waals surface area contributed by atoms with Crippen molar-refractivity contribution >= 4 is 28.8 Å². The van der Waals surface area contributed by atoms with Gasteiger partial charge in [0.15, 0.2) is 5.69 Å². The van der Waals surface area contributed by atoms with E-state index in [9.17, 15) is 28.1 Å². The highest BCUT2D eigenvalue weighted by Gasteiger charge is 2.39. The molecule has 0 aliphatic rings. The van der Waals surface area contributed by atoms with Crippen LogP contribution in [0.1, 0.15) is 27.9 Å². The predicted molar refractivity (Wildman–Crippen MR) is 77.7 cm³/mol. The van der Waals surface area contributed by atoms with Crippen LogP contribution in [-0.4, -0.2) is 26.1 Å². The molecule has 0 fully saturated rings. The zero-order chi connectivity index (χ0) is 17.9. The second-order valence-electron chi connectivity index (χ2n) is 4.39. The Bertz CT molecular complexity index is 801. The van der Waals surface area contributed by atoms with Gasteiger partial charge in [-0.15, -0.1) is 5.10 Å². The van der Waals surface area contributed by atoms with Gasteiger partial charge < -0.3 is 0 Å². The molecule has 1 aromatic heterocycles. The van der Waals surface area contributed by atoms with Crippen LogP contribution in [0.4, 0.5) is 18.9 Å². The number of carbonyl (C=O) groups is 1. The van der Waals surface area contributed by atoms with E-state index >= 15 is 0 Å². The van der Waals surface area contributed by atoms with Gasteiger partial charge in [-0.2, -0.15) is 18.3 Å². The molecule has 0 bridgehead atoms. The quantitative estimate of drug-likeness (QED) is 0.512. The number of hydrogen-bond donors (Lipinski definition) is 1. The van der Waals surface area contributed by atoms with Gasteiger partial charge in [0.2, 0.25) is 0 Å². The fourth-order valence-corrected chi connectivity index (χ4v) is 2.18. The number of nitrogens with zero attached hydrogens (tertiary/aromatic N) is 4. The van der Waals surface area contributed by atoms with Crippen molar-refractivity contribution in [2.75, 3.05) is 0 Å². The fraction of sp³-hybridized carbons (Fsp3) is 0.167. The fourth-order valence-electron chi connectivity index (χ4n) is 1.60. The average Bonchev–Trinajstić information content (AvgIpc) is 3.02. The van der Waals surface area contributed by atoms with Crippen LogP contribution >= 0.6 is 11.5 Å². The van der Waals surface area contributed by atoms with Crippen LogP contribution in [0.3, 0.4) is 0 Å². The lowest BCUT2D eigenvalue weighted by Crippen LogP contribution is -2.22. The summed E-state index contributed by atoms with van der Waals surface area (Å²) >= 11 is 0.300. The number of hydrazone groups is 1. The number of aromatic nitrogens is 2. The van der Waals surface area contributed by atoms with Crippen molar-refractivity contribution in [2.45, 2.75) is 13.1 Å². The van der Waals surface area contributed by atoms with Crippen molar-refractivity contribution in [2.24, 2.45) is 5.10 Å². The minimum atomic E-state index is -4.79. The monoisotopic (exact) mass is 359 g/mol. The van der Waals surface area contributed by atoms with Crippen LogP contribution in [0.15, 0.2) is 29.4 Å². The van der Waals surface area contributed by atoms with Crippen LogP contribution < -0.4 is 5.43 Å². The van der Waals surface area contributed by atoms with Crippen LogP contribution in [0, 0.1) is 10.1 Å². The molecule has 1 aromatic carbocycles. The van der Waals surface area contributed by atoms with E-state index in [0.29, 0.717) is 17.1 Å². The van der Waals surface area contributed by atoms with E-state index in [1.165, 1.54) is 31.2 Å². The summed E-state index contributed by atoms with van der Waals surface area (Å²) in [5.74, 6) is -1.10. The highest BCUT2D eigenvalue weighted by molar-refractivity contribution is 7.08. The maximum Gasteiger partial charge on any atom is 0.436 e. The summed E-state index contributed by atoms with van der Waals surface area (Å²) in [5.41, 5.74) is 1.19. The lowest BCUT2D eigenvalue weighted by Gasteiger charge is -2.05. The Morgan fingerprint density at radius 2 is 1.96 bits per heavy atom. The Labute approximate surface area is 136 Å². The van der Waals surface area contributed by atoms with Crippen molar-refractivity contribution in [3.63, 3.8) is 0 Å². The molecule has 1 heterocycles. The standard InChI is InChI=1S/C12H8F3N5O3S/c1-6(7-2-4-8(5-3-7)20(22)23)16-18-11(21)9-10(12(13,14)15)17-19-24-9/h2-5H,1H3,(H,18,21)/b16-6+. The molecule has 2 aromatic rings. The minimum absolute atomic E-state index is 0.124. The van der Waals surface area contributed by atoms with Gasteiger partial charge in [-0.3, -0.25) is 14.9 Å². The van der Waals surface area contributed by atoms with E-state index in [4.69, 9.17) is 0 Å². The van der Waals surface area contributed by atoms with Crippen LogP contribution in [0.2, 0.25) is 0 Å². The number of carbonyl (C=O) groups excluding carboxylic acids is 1. The van der Waals surface area contributed by atoms with Crippen molar-refractivity contribution in [1.82, 2.24) is 15.0 Å². The molecule has 8 nitrogen and oxygen atoms in total. The van der Waals surface area contributed by atoms with Crippen molar-refractivity contribution in [3.05, 3.63) is 50.5 Å². The molecule has 0 radical (unpaired) electrons. The highest BCUT2D eigenvalue weighted by atomic mass is 32.1. The Balaban J connectivity index is 2.14. The van der Waals surface area contributed by atoms with Gasteiger partial charge in [0.05, 0.1) is 10.6 Å². The number of nitro benzene ring substituents is 1. The Morgan fingerprint density at radius 1 is 1.33 bits per heavy atom. The third-order valence-electron chi connectivity index (χ3n) is 2.78. The summed E-state index contributed by atoms with van der Waals surface area (Å²) in [6.45, 7) is 1.48. The molecule has 0 atom stereocenters. The van der Waals surface area contributed by atoms with Gasteiger partial charge >= 0.3 is 6.18 Å². The van der Waals surface area contributed by atoms with Gasteiger partial charge in [0, 0.05) is 12.1 Å². The minimum Gasteiger partial charge on any atom is -0.266 e. The molecule has 0 unspecified atom stereocenters. The summed E-state index contributed by atoms with van der Waals surface area (Å²) in [4.78, 5) is 21.1. The SMILES string of the molecule is C/C(=N\NC(=O)c1snnc1C(F)(F)F)c1ccc([N+](=O)[O-])cc1. The molecule has 0 saturated heterocycles. The van der Waals surface area contributed by atoms with E-state index in [2.05, 4.69) is 14.7 Å². The molecule has 0 spiro atoms. The predicted octanol–water partition coefficient (Wildman–Crippen LogP) is 2.62. The smallest absolute Gasteiger partial charge is 0.266 e. The van der Waals surface area contributed by atoms with E-state index in [1.54, 1.807) is 0 Å². The molecule has 0 aliphatic heterocycles. The molecule has 0 aliphatic carbocycles. The lowest BCUT2D eigenvalue weighted by atomic mass is 10.1. The van der Waals surface area contributed by atoms with Gasteiger partial charge in [0.25, 0.3) is 11.6 Å². The summed E-state index contributed by atoms with van der Waals surface area (Å²) < 4.78 is 41.0. The molecular formula is C12H8F3N5O3S. The number of nitrogens with one attached hydrogen (secondary N) is 1. The first-order chi connectivity index (χ1) is 11.2. The first-order valence-electron chi connectivity index (χ1n) is 6.19. The number of rotatable bonds is 4. The third kappa shape index (κ3) is 3.90. The lowest BCUT2D eigenvalue weighted by molar-refractivity contribution is -0.384. The number of halogens is 3. The average molecular weight is 359 g/mol. The Kier molecular flexibility index (Phi) is 4.87. The Morgan fingerprint density at radius 3 is 2.50 bits per heavy atom. The van der Waals surface area contributed by atoms with E-state index < -0.39 is 27.6 Å². The number of alkyl halides is 3. The van der Waals surface area contributed by atoms with Gasteiger partial charge in [0.1, 0.15) is 4.88 Å². The molecule has 12 heteroatoms. The highest BCUT2D eigenvalue weighted by Crippen LogP contribution is 2.31. The van der Waals surface area contributed by atoms with Crippen LogP contribution in [-0.2, 0) is 6.18 Å². The number of amides is 1. The summed E-state index contributed by atoms with van der Waals surface area (Å²) in [6.07, 6.45) is -4.79. The van der Waals surface area contributed by atoms with E-state index in [0.717, 1.165) is 0 Å².